The van der Waals surface area contributed by atoms with E-state index in [0.29, 0.717) is 0 Å². The van der Waals surface area contributed by atoms with E-state index in [-0.39, 0.29) is 0 Å². The van der Waals surface area contributed by atoms with Gasteiger partial charge in [0.2, 0.25) is 0 Å². The lowest BCUT2D eigenvalue weighted by molar-refractivity contribution is 0.556. The van der Waals surface area contributed by atoms with Crippen LogP contribution in [0.25, 0.3) is 11.4 Å². The first-order valence-corrected chi connectivity index (χ1v) is 14.2. The fourth-order valence-corrected chi connectivity index (χ4v) is 4.56. The maximum atomic E-state index is 4.63. The molecule has 33 heavy (non-hydrogen) atoms. The minimum absolute atomic E-state index is 0.851. The van der Waals surface area contributed by atoms with E-state index >= 15 is 0 Å². The molecule has 0 fully saturated rings. The molecule has 1 heterocycles. The summed E-state index contributed by atoms with van der Waals surface area (Å²) in [5.41, 5.74) is 3.84. The molecule has 2 rings (SSSR count). The van der Waals surface area contributed by atoms with Gasteiger partial charge in [-0.2, -0.15) is 0 Å². The van der Waals surface area contributed by atoms with Gasteiger partial charge in [-0.3, -0.25) is 0 Å². The van der Waals surface area contributed by atoms with Crippen molar-refractivity contribution in [1.29, 1.82) is 0 Å². The van der Waals surface area contributed by atoms with Gasteiger partial charge in [0.25, 0.3) is 0 Å². The predicted molar refractivity (Wildman–Crippen MR) is 145 cm³/mol. The van der Waals surface area contributed by atoms with Gasteiger partial charge >= 0.3 is 0 Å². The highest BCUT2D eigenvalue weighted by molar-refractivity contribution is 5.55. The van der Waals surface area contributed by atoms with Gasteiger partial charge in [-0.05, 0) is 36.8 Å². The van der Waals surface area contributed by atoms with Crippen molar-refractivity contribution in [2.75, 3.05) is 0 Å². The molecule has 0 aliphatic heterocycles. The summed E-state index contributed by atoms with van der Waals surface area (Å²) >= 11 is 0. The monoisotopic (exact) mass is 450 g/mol. The van der Waals surface area contributed by atoms with Gasteiger partial charge in [-0.25, -0.2) is 9.97 Å². The summed E-state index contributed by atoms with van der Waals surface area (Å²) in [5, 5.41) is 0. The van der Waals surface area contributed by atoms with E-state index in [1.807, 2.05) is 12.4 Å². The van der Waals surface area contributed by atoms with E-state index in [9.17, 15) is 0 Å². The van der Waals surface area contributed by atoms with Gasteiger partial charge < -0.3 is 0 Å². The van der Waals surface area contributed by atoms with Crippen molar-refractivity contribution in [3.63, 3.8) is 0 Å². The molecule has 2 nitrogen and oxygen atoms in total. The summed E-state index contributed by atoms with van der Waals surface area (Å²) in [7, 11) is 0. The molecule has 184 valence electrons. The third kappa shape index (κ3) is 12.9. The first-order chi connectivity index (χ1) is 16.3. The van der Waals surface area contributed by atoms with Crippen LogP contribution in [0.4, 0.5) is 0 Å². The zero-order valence-electron chi connectivity index (χ0n) is 21.8. The minimum atomic E-state index is 0.851. The Bertz CT molecular complexity index is 690. The first kappa shape index (κ1) is 27.5. The number of benzene rings is 1. The average molecular weight is 451 g/mol. The molecule has 0 radical (unpaired) electrons. The molecule has 0 N–H and O–H groups in total. The molecule has 2 heteroatoms. The summed E-state index contributed by atoms with van der Waals surface area (Å²) in [6.45, 7) is 4.56. The molecule has 0 saturated carbocycles. The summed E-state index contributed by atoms with van der Waals surface area (Å²) in [4.78, 5) is 9.27. The van der Waals surface area contributed by atoms with E-state index in [2.05, 4.69) is 48.1 Å². The first-order valence-electron chi connectivity index (χ1n) is 14.2. The Morgan fingerprint density at radius 3 is 1.30 bits per heavy atom. The third-order valence-electron chi connectivity index (χ3n) is 6.81. The number of hydrogen-bond acceptors (Lipinski definition) is 2. The Labute approximate surface area is 205 Å². The van der Waals surface area contributed by atoms with Crippen molar-refractivity contribution in [1.82, 2.24) is 9.97 Å². The molecule has 0 spiro atoms. The van der Waals surface area contributed by atoms with Crippen molar-refractivity contribution < 1.29 is 0 Å². The highest BCUT2D eigenvalue weighted by Gasteiger charge is 2.03. The second-order valence-corrected chi connectivity index (χ2v) is 9.92. The van der Waals surface area contributed by atoms with Crippen molar-refractivity contribution in [2.24, 2.45) is 0 Å². The number of rotatable bonds is 20. The summed E-state index contributed by atoms with van der Waals surface area (Å²) < 4.78 is 0. The van der Waals surface area contributed by atoms with E-state index in [0.717, 1.165) is 17.8 Å². The predicted octanol–water partition coefficient (Wildman–Crippen LogP) is 9.90. The zero-order chi connectivity index (χ0) is 23.4. The van der Waals surface area contributed by atoms with Gasteiger partial charge in [-0.1, -0.05) is 134 Å². The van der Waals surface area contributed by atoms with Crippen LogP contribution < -0.4 is 0 Å². The van der Waals surface area contributed by atoms with Crippen LogP contribution in [0.2, 0.25) is 0 Å². The standard InChI is InChI=1S/C31H50N2/c1-3-5-7-9-11-12-13-15-16-18-20-28-22-24-30(25-23-28)31-32-26-29(27-33-31)21-19-17-14-10-8-6-4-2/h22-27H,3-21H2,1-2H3. The number of aryl methyl sites for hydroxylation is 2. The van der Waals surface area contributed by atoms with Crippen LogP contribution in [0, 0.1) is 0 Å². The second-order valence-electron chi connectivity index (χ2n) is 9.92. The summed E-state index contributed by atoms with van der Waals surface area (Å²) in [6.07, 6.45) is 29.7. The summed E-state index contributed by atoms with van der Waals surface area (Å²) in [5.74, 6) is 0.851. The lowest BCUT2D eigenvalue weighted by atomic mass is 10.0. The fourth-order valence-electron chi connectivity index (χ4n) is 4.56. The lowest BCUT2D eigenvalue weighted by Gasteiger charge is -2.06. The van der Waals surface area contributed by atoms with E-state index < -0.39 is 0 Å². The Morgan fingerprint density at radius 1 is 0.455 bits per heavy atom. The van der Waals surface area contributed by atoms with Crippen molar-refractivity contribution in [2.45, 2.75) is 136 Å². The van der Waals surface area contributed by atoms with Crippen LogP contribution in [-0.2, 0) is 12.8 Å². The van der Waals surface area contributed by atoms with Crippen molar-refractivity contribution in [3.05, 3.63) is 47.8 Å². The molecule has 2 aromatic rings. The second kappa shape index (κ2) is 18.7. The minimum Gasteiger partial charge on any atom is -0.236 e. The van der Waals surface area contributed by atoms with Crippen LogP contribution in [0.1, 0.15) is 134 Å². The van der Waals surface area contributed by atoms with Gasteiger partial charge in [0, 0.05) is 18.0 Å². The quantitative estimate of drug-likeness (QED) is 0.187. The maximum Gasteiger partial charge on any atom is 0.159 e. The smallest absolute Gasteiger partial charge is 0.159 e. The molecule has 0 bridgehead atoms. The topological polar surface area (TPSA) is 25.8 Å². The molecule has 0 amide bonds. The Balaban J connectivity index is 1.58. The van der Waals surface area contributed by atoms with Crippen molar-refractivity contribution >= 4 is 0 Å². The van der Waals surface area contributed by atoms with Gasteiger partial charge in [0.15, 0.2) is 5.82 Å². The molecule has 0 aliphatic rings. The molecule has 1 aromatic heterocycles. The Kier molecular flexibility index (Phi) is 15.6. The molecule has 0 atom stereocenters. The molecular formula is C31H50N2. The van der Waals surface area contributed by atoms with Gasteiger partial charge in [0.1, 0.15) is 0 Å². The van der Waals surface area contributed by atoms with E-state index in [4.69, 9.17) is 0 Å². The van der Waals surface area contributed by atoms with Crippen LogP contribution in [0.15, 0.2) is 36.7 Å². The SMILES string of the molecule is CCCCCCCCCCCCc1ccc(-c2ncc(CCCCCCCCC)cn2)cc1. The van der Waals surface area contributed by atoms with E-state index in [1.165, 1.54) is 127 Å². The maximum absolute atomic E-state index is 4.63. The van der Waals surface area contributed by atoms with Crippen LogP contribution >= 0.6 is 0 Å². The third-order valence-corrected chi connectivity index (χ3v) is 6.81. The Morgan fingerprint density at radius 2 is 0.848 bits per heavy atom. The van der Waals surface area contributed by atoms with Gasteiger partial charge in [-0.15, -0.1) is 0 Å². The number of unbranched alkanes of at least 4 members (excludes halogenated alkanes) is 15. The molecule has 0 aliphatic carbocycles. The number of hydrogen-bond donors (Lipinski definition) is 0. The average Bonchev–Trinajstić information content (AvgIpc) is 2.85. The van der Waals surface area contributed by atoms with Crippen LogP contribution in [-0.4, -0.2) is 9.97 Å². The summed E-state index contributed by atoms with van der Waals surface area (Å²) in [6, 6.07) is 8.91. The molecule has 0 saturated heterocycles. The largest absolute Gasteiger partial charge is 0.236 e. The van der Waals surface area contributed by atoms with E-state index in [1.54, 1.807) is 0 Å². The molecular weight excluding hydrogens is 400 g/mol. The fraction of sp³-hybridized carbons (Fsp3) is 0.677. The molecule has 0 unspecified atom stereocenters. The zero-order valence-corrected chi connectivity index (χ0v) is 21.8. The lowest BCUT2D eigenvalue weighted by Crippen LogP contribution is -1.94. The normalized spacial score (nSPS) is 11.2. The number of nitrogens with zero attached hydrogens (tertiary/aromatic N) is 2. The van der Waals surface area contributed by atoms with Crippen LogP contribution in [0.5, 0.6) is 0 Å². The highest BCUT2D eigenvalue weighted by atomic mass is 14.9. The highest BCUT2D eigenvalue weighted by Crippen LogP contribution is 2.18. The molecule has 1 aromatic carbocycles. The number of aromatic nitrogens is 2. The van der Waals surface area contributed by atoms with Gasteiger partial charge in [0.05, 0.1) is 0 Å². The Hall–Kier alpha value is -1.70. The van der Waals surface area contributed by atoms with Crippen molar-refractivity contribution in [3.8, 4) is 11.4 Å². The van der Waals surface area contributed by atoms with Crippen LogP contribution in [0.3, 0.4) is 0 Å².